The molecule has 2 aromatic rings. The van der Waals surface area contributed by atoms with Crippen molar-refractivity contribution in [2.75, 3.05) is 11.1 Å². The van der Waals surface area contributed by atoms with Gasteiger partial charge in [0.1, 0.15) is 0 Å². The van der Waals surface area contributed by atoms with Crippen LogP contribution in [0.25, 0.3) is 0 Å². The maximum atomic E-state index is 5.75. The Bertz CT molecular complexity index is 550. The van der Waals surface area contributed by atoms with Crippen molar-refractivity contribution >= 4 is 39.7 Å². The zero-order valence-corrected chi connectivity index (χ0v) is 12.1. The highest BCUT2D eigenvalue weighted by Crippen LogP contribution is 2.26. The summed E-state index contributed by atoms with van der Waals surface area (Å²) in [5.74, 6) is 0. The van der Waals surface area contributed by atoms with Gasteiger partial charge in [0.05, 0.1) is 0 Å². The van der Waals surface area contributed by atoms with Crippen LogP contribution in [-0.2, 0) is 0 Å². The predicted molar refractivity (Wildman–Crippen MR) is 82.8 cm³/mol. The smallest absolute Gasteiger partial charge is 0.0424 e. The van der Waals surface area contributed by atoms with Gasteiger partial charge < -0.3 is 11.1 Å². The maximum absolute atomic E-state index is 5.75. The highest BCUT2D eigenvalue weighted by atomic mass is 127. The summed E-state index contributed by atoms with van der Waals surface area (Å²) in [5, 5.41) is 3.45. The minimum Gasteiger partial charge on any atom is -0.399 e. The minimum absolute atomic E-state index is 0.799. The van der Waals surface area contributed by atoms with Crippen molar-refractivity contribution in [3.63, 3.8) is 0 Å². The monoisotopic (exact) mass is 338 g/mol. The fourth-order valence-electron chi connectivity index (χ4n) is 1.72. The average Bonchev–Trinajstić information content (AvgIpc) is 2.28. The fraction of sp³-hybridized carbons (Fsp3) is 0.143. The molecule has 0 radical (unpaired) electrons. The van der Waals surface area contributed by atoms with E-state index in [0.29, 0.717) is 0 Å². The number of rotatable bonds is 2. The van der Waals surface area contributed by atoms with Crippen molar-refractivity contribution in [2.45, 2.75) is 13.8 Å². The summed E-state index contributed by atoms with van der Waals surface area (Å²) in [6.45, 7) is 4.18. The lowest BCUT2D eigenvalue weighted by Gasteiger charge is -2.13. The van der Waals surface area contributed by atoms with E-state index in [-0.39, 0.29) is 0 Å². The van der Waals surface area contributed by atoms with Gasteiger partial charge in [-0.05, 0) is 77.9 Å². The summed E-state index contributed by atoms with van der Waals surface area (Å²) >= 11 is 2.35. The zero-order valence-electron chi connectivity index (χ0n) is 9.92. The first-order chi connectivity index (χ1) is 8.08. The minimum atomic E-state index is 0.799. The van der Waals surface area contributed by atoms with E-state index in [0.717, 1.165) is 22.6 Å². The molecule has 0 heterocycles. The lowest BCUT2D eigenvalue weighted by molar-refractivity contribution is 1.37. The Hall–Kier alpha value is -1.23. The van der Waals surface area contributed by atoms with Gasteiger partial charge in [-0.15, -0.1) is 0 Å². The number of halogens is 1. The van der Waals surface area contributed by atoms with Crippen LogP contribution >= 0.6 is 22.6 Å². The first-order valence-corrected chi connectivity index (χ1v) is 6.54. The molecule has 2 rings (SSSR count). The van der Waals surface area contributed by atoms with Crippen molar-refractivity contribution in [2.24, 2.45) is 0 Å². The highest BCUT2D eigenvalue weighted by molar-refractivity contribution is 14.1. The average molecular weight is 338 g/mol. The summed E-state index contributed by atoms with van der Waals surface area (Å²) in [6.07, 6.45) is 0. The van der Waals surface area contributed by atoms with Crippen molar-refractivity contribution < 1.29 is 0 Å². The Morgan fingerprint density at radius 3 is 2.53 bits per heavy atom. The van der Waals surface area contributed by atoms with E-state index in [9.17, 15) is 0 Å². The van der Waals surface area contributed by atoms with E-state index in [1.165, 1.54) is 9.13 Å². The summed E-state index contributed by atoms with van der Waals surface area (Å²) in [5.41, 5.74) is 11.2. The molecule has 0 aliphatic carbocycles. The first kappa shape index (κ1) is 12.2. The summed E-state index contributed by atoms with van der Waals surface area (Å²) in [4.78, 5) is 0. The molecule has 0 aromatic heterocycles. The summed E-state index contributed by atoms with van der Waals surface area (Å²) in [6, 6.07) is 12.2. The second-order valence-corrected chi connectivity index (χ2v) is 5.27. The molecule has 2 aromatic carbocycles. The molecule has 0 bridgehead atoms. The third-order valence-electron chi connectivity index (χ3n) is 2.79. The molecule has 3 heteroatoms. The van der Waals surface area contributed by atoms with Crippen molar-refractivity contribution in [1.82, 2.24) is 0 Å². The molecule has 0 saturated heterocycles. The SMILES string of the molecule is Cc1cc(N)ccc1Nc1cccc(I)c1C. The number of hydrogen-bond acceptors (Lipinski definition) is 2. The van der Waals surface area contributed by atoms with Crippen LogP contribution in [0.3, 0.4) is 0 Å². The zero-order chi connectivity index (χ0) is 12.4. The lowest BCUT2D eigenvalue weighted by Crippen LogP contribution is -1.97. The summed E-state index contributed by atoms with van der Waals surface area (Å²) in [7, 11) is 0. The number of nitrogen functional groups attached to an aromatic ring is 1. The van der Waals surface area contributed by atoms with Crippen LogP contribution in [0.1, 0.15) is 11.1 Å². The van der Waals surface area contributed by atoms with Gasteiger partial charge in [-0.1, -0.05) is 6.07 Å². The molecular formula is C14H15IN2. The molecule has 0 aliphatic heterocycles. The Morgan fingerprint density at radius 2 is 1.82 bits per heavy atom. The van der Waals surface area contributed by atoms with E-state index in [4.69, 9.17) is 5.73 Å². The third kappa shape index (κ3) is 2.72. The molecule has 0 amide bonds. The molecular weight excluding hydrogens is 323 g/mol. The van der Waals surface area contributed by atoms with Crippen LogP contribution in [0.5, 0.6) is 0 Å². The van der Waals surface area contributed by atoms with Crippen molar-refractivity contribution in [3.8, 4) is 0 Å². The molecule has 3 N–H and O–H groups in total. The van der Waals surface area contributed by atoms with E-state index in [1.807, 2.05) is 18.2 Å². The van der Waals surface area contributed by atoms with Crippen LogP contribution in [0.4, 0.5) is 17.1 Å². The topological polar surface area (TPSA) is 38.0 Å². The van der Waals surface area contributed by atoms with Gasteiger partial charge in [-0.2, -0.15) is 0 Å². The number of nitrogens with one attached hydrogen (secondary N) is 1. The standard InChI is InChI=1S/C14H15IN2/c1-9-8-11(16)6-7-13(9)17-14-5-3-4-12(15)10(14)2/h3-8,17H,16H2,1-2H3. The molecule has 2 nitrogen and oxygen atoms in total. The van der Waals surface area contributed by atoms with Gasteiger partial charge in [0.2, 0.25) is 0 Å². The number of hydrogen-bond donors (Lipinski definition) is 2. The largest absolute Gasteiger partial charge is 0.399 e. The van der Waals surface area contributed by atoms with E-state index < -0.39 is 0 Å². The van der Waals surface area contributed by atoms with Gasteiger partial charge in [0.15, 0.2) is 0 Å². The molecule has 0 saturated carbocycles. The van der Waals surface area contributed by atoms with E-state index in [1.54, 1.807) is 0 Å². The Kier molecular flexibility index (Phi) is 3.57. The molecule has 0 fully saturated rings. The van der Waals surface area contributed by atoms with Gasteiger partial charge in [-0.25, -0.2) is 0 Å². The van der Waals surface area contributed by atoms with Gasteiger partial charge in [-0.3, -0.25) is 0 Å². The quantitative estimate of drug-likeness (QED) is 0.635. The van der Waals surface area contributed by atoms with Crippen LogP contribution in [-0.4, -0.2) is 0 Å². The lowest BCUT2D eigenvalue weighted by atomic mass is 10.1. The molecule has 0 spiro atoms. The van der Waals surface area contributed by atoms with Crippen LogP contribution in [0, 0.1) is 17.4 Å². The maximum Gasteiger partial charge on any atom is 0.0424 e. The van der Waals surface area contributed by atoms with Gasteiger partial charge >= 0.3 is 0 Å². The number of benzene rings is 2. The third-order valence-corrected chi connectivity index (χ3v) is 3.96. The van der Waals surface area contributed by atoms with Crippen LogP contribution in [0.2, 0.25) is 0 Å². The second-order valence-electron chi connectivity index (χ2n) is 4.11. The van der Waals surface area contributed by atoms with Crippen molar-refractivity contribution in [1.29, 1.82) is 0 Å². The molecule has 0 atom stereocenters. The molecule has 17 heavy (non-hydrogen) atoms. The fourth-order valence-corrected chi connectivity index (χ4v) is 2.21. The highest BCUT2D eigenvalue weighted by Gasteiger charge is 2.03. The Labute approximate surface area is 115 Å². The van der Waals surface area contributed by atoms with Crippen LogP contribution < -0.4 is 11.1 Å². The molecule has 0 aliphatic rings. The summed E-state index contributed by atoms with van der Waals surface area (Å²) < 4.78 is 1.26. The van der Waals surface area contributed by atoms with Gasteiger partial charge in [0.25, 0.3) is 0 Å². The molecule has 0 unspecified atom stereocenters. The predicted octanol–water partition coefficient (Wildman–Crippen LogP) is 4.23. The number of nitrogens with two attached hydrogens (primary N) is 1. The van der Waals surface area contributed by atoms with Gasteiger partial charge in [0, 0.05) is 20.6 Å². The van der Waals surface area contributed by atoms with Crippen LogP contribution in [0.15, 0.2) is 36.4 Å². The number of aryl methyl sites for hydroxylation is 1. The van der Waals surface area contributed by atoms with E-state index >= 15 is 0 Å². The Balaban J connectivity index is 2.35. The normalized spacial score (nSPS) is 10.3. The first-order valence-electron chi connectivity index (χ1n) is 5.46. The van der Waals surface area contributed by atoms with E-state index in [2.05, 4.69) is 60.0 Å². The number of anilines is 3. The van der Waals surface area contributed by atoms with Crippen molar-refractivity contribution in [3.05, 3.63) is 51.1 Å². The second kappa shape index (κ2) is 4.96. The molecule has 88 valence electrons. The Morgan fingerprint density at radius 1 is 1.06 bits per heavy atom.